The molecule has 1 amide bonds. The number of carbonyl (C=O) groups excluding carboxylic acids is 1. The molecule has 1 aromatic rings. The molecule has 3 nitrogen and oxygen atoms in total. The van der Waals surface area contributed by atoms with Crippen molar-refractivity contribution in [1.29, 1.82) is 0 Å². The highest BCUT2D eigenvalue weighted by Gasteiger charge is 2.21. The highest BCUT2D eigenvalue weighted by atomic mass is 16.5. The molecular weight excluding hydrogens is 214 g/mol. The number of hydrogen-bond donors (Lipinski definition) is 0. The first-order chi connectivity index (χ1) is 8.24. The molecule has 0 aliphatic carbocycles. The highest BCUT2D eigenvalue weighted by Crippen LogP contribution is 2.30. The lowest BCUT2D eigenvalue weighted by Crippen LogP contribution is -2.31. The van der Waals surface area contributed by atoms with Crippen molar-refractivity contribution in [3.8, 4) is 0 Å². The molecular formula is C14H17NO2. The summed E-state index contributed by atoms with van der Waals surface area (Å²) in [6.07, 6.45) is 5.08. The third-order valence-electron chi connectivity index (χ3n) is 3.02. The van der Waals surface area contributed by atoms with Crippen molar-refractivity contribution < 1.29 is 9.53 Å². The summed E-state index contributed by atoms with van der Waals surface area (Å²) in [5, 5.41) is 0. The summed E-state index contributed by atoms with van der Waals surface area (Å²) in [5.41, 5.74) is 3.38. The predicted octanol–water partition coefficient (Wildman–Crippen LogP) is 2.60. The lowest BCUT2D eigenvalue weighted by molar-refractivity contribution is -0.118. The number of hydrogen-bond acceptors (Lipinski definition) is 2. The quantitative estimate of drug-likeness (QED) is 0.748. The SMILES string of the molecule is CCO/C=C\c1cccc2c1CCC(=O)N2C. The molecule has 0 N–H and O–H groups in total. The Labute approximate surface area is 102 Å². The van der Waals surface area contributed by atoms with Gasteiger partial charge >= 0.3 is 0 Å². The smallest absolute Gasteiger partial charge is 0.227 e. The molecule has 1 aliphatic heterocycles. The number of amides is 1. The summed E-state index contributed by atoms with van der Waals surface area (Å²) in [6.45, 7) is 2.63. The molecule has 0 spiro atoms. The molecule has 0 fully saturated rings. The van der Waals surface area contributed by atoms with E-state index in [9.17, 15) is 4.79 Å². The van der Waals surface area contributed by atoms with Crippen LogP contribution in [0, 0.1) is 0 Å². The average Bonchev–Trinajstić information content (AvgIpc) is 2.35. The van der Waals surface area contributed by atoms with Crippen LogP contribution in [0.3, 0.4) is 0 Å². The van der Waals surface area contributed by atoms with Crippen molar-refractivity contribution in [1.82, 2.24) is 0 Å². The molecule has 1 heterocycles. The fraction of sp³-hybridized carbons (Fsp3) is 0.357. The lowest BCUT2D eigenvalue weighted by Gasteiger charge is -2.26. The van der Waals surface area contributed by atoms with Crippen molar-refractivity contribution >= 4 is 17.7 Å². The normalized spacial score (nSPS) is 15.2. The first-order valence-corrected chi connectivity index (χ1v) is 5.90. The van der Waals surface area contributed by atoms with Gasteiger partial charge in [0.15, 0.2) is 0 Å². The zero-order valence-corrected chi connectivity index (χ0v) is 10.3. The van der Waals surface area contributed by atoms with Gasteiger partial charge in [-0.3, -0.25) is 4.79 Å². The Hall–Kier alpha value is -1.77. The van der Waals surface area contributed by atoms with Crippen LogP contribution in [0.5, 0.6) is 0 Å². The van der Waals surface area contributed by atoms with E-state index >= 15 is 0 Å². The summed E-state index contributed by atoms with van der Waals surface area (Å²) in [7, 11) is 1.83. The van der Waals surface area contributed by atoms with Gasteiger partial charge in [0, 0.05) is 19.2 Å². The Kier molecular flexibility index (Phi) is 3.47. The monoisotopic (exact) mass is 231 g/mol. The Bertz CT molecular complexity index is 452. The molecule has 2 rings (SSSR count). The second-order valence-corrected chi connectivity index (χ2v) is 4.06. The number of fused-ring (bicyclic) bond motifs is 1. The maximum absolute atomic E-state index is 11.6. The largest absolute Gasteiger partial charge is 0.501 e. The molecule has 90 valence electrons. The fourth-order valence-corrected chi connectivity index (χ4v) is 2.09. The van der Waals surface area contributed by atoms with Crippen LogP contribution in [0.25, 0.3) is 6.08 Å². The molecule has 3 heteroatoms. The Balaban J connectivity index is 2.34. The number of benzene rings is 1. The number of carbonyl (C=O) groups is 1. The first-order valence-electron chi connectivity index (χ1n) is 5.90. The third kappa shape index (κ3) is 2.33. The van der Waals surface area contributed by atoms with Gasteiger partial charge in [-0.25, -0.2) is 0 Å². The number of nitrogens with zero attached hydrogens (tertiary/aromatic N) is 1. The summed E-state index contributed by atoms with van der Waals surface area (Å²) < 4.78 is 5.22. The minimum absolute atomic E-state index is 0.184. The van der Waals surface area contributed by atoms with Crippen LogP contribution in [-0.2, 0) is 16.0 Å². The average molecular weight is 231 g/mol. The van der Waals surface area contributed by atoms with Gasteiger partial charge in [0.25, 0.3) is 0 Å². The molecule has 0 atom stereocenters. The van der Waals surface area contributed by atoms with E-state index in [0.29, 0.717) is 13.0 Å². The van der Waals surface area contributed by atoms with Crippen molar-refractivity contribution in [3.63, 3.8) is 0 Å². The van der Waals surface area contributed by atoms with E-state index in [2.05, 4.69) is 6.07 Å². The molecule has 1 aromatic carbocycles. The van der Waals surface area contributed by atoms with Gasteiger partial charge < -0.3 is 9.64 Å². The standard InChI is InChI=1S/C14H17NO2/c1-3-17-10-9-11-5-4-6-13-12(11)7-8-14(16)15(13)2/h4-6,9-10H,3,7-8H2,1-2H3/b10-9-. The van der Waals surface area contributed by atoms with Crippen molar-refractivity contribution in [2.45, 2.75) is 19.8 Å². The minimum Gasteiger partial charge on any atom is -0.501 e. The van der Waals surface area contributed by atoms with Gasteiger partial charge in [-0.1, -0.05) is 12.1 Å². The molecule has 0 aromatic heterocycles. The summed E-state index contributed by atoms with van der Waals surface area (Å²) >= 11 is 0. The van der Waals surface area contributed by atoms with E-state index in [1.807, 2.05) is 32.2 Å². The summed E-state index contributed by atoms with van der Waals surface area (Å²) in [6, 6.07) is 6.02. The Morgan fingerprint density at radius 3 is 3.00 bits per heavy atom. The summed E-state index contributed by atoms with van der Waals surface area (Å²) in [4.78, 5) is 13.3. The lowest BCUT2D eigenvalue weighted by atomic mass is 9.96. The zero-order valence-electron chi connectivity index (χ0n) is 10.3. The van der Waals surface area contributed by atoms with Crippen LogP contribution < -0.4 is 4.90 Å². The molecule has 0 saturated heterocycles. The first kappa shape index (κ1) is 11.7. The second-order valence-electron chi connectivity index (χ2n) is 4.06. The van der Waals surface area contributed by atoms with E-state index in [1.165, 1.54) is 5.56 Å². The molecule has 1 aliphatic rings. The van der Waals surface area contributed by atoms with Crippen LogP contribution in [-0.4, -0.2) is 19.6 Å². The van der Waals surface area contributed by atoms with E-state index in [0.717, 1.165) is 17.7 Å². The Morgan fingerprint density at radius 1 is 1.41 bits per heavy atom. The van der Waals surface area contributed by atoms with E-state index < -0.39 is 0 Å². The zero-order chi connectivity index (χ0) is 12.3. The second kappa shape index (κ2) is 5.04. The van der Waals surface area contributed by atoms with Crippen LogP contribution in [0.15, 0.2) is 24.5 Å². The number of anilines is 1. The van der Waals surface area contributed by atoms with Gasteiger partial charge in [0.2, 0.25) is 5.91 Å². The van der Waals surface area contributed by atoms with Crippen molar-refractivity contribution in [3.05, 3.63) is 35.6 Å². The van der Waals surface area contributed by atoms with Crippen LogP contribution in [0.2, 0.25) is 0 Å². The van der Waals surface area contributed by atoms with E-state index in [-0.39, 0.29) is 5.91 Å². The van der Waals surface area contributed by atoms with Crippen molar-refractivity contribution in [2.24, 2.45) is 0 Å². The Morgan fingerprint density at radius 2 is 2.24 bits per heavy atom. The van der Waals surface area contributed by atoms with Gasteiger partial charge in [-0.15, -0.1) is 0 Å². The molecule has 0 saturated carbocycles. The van der Waals surface area contributed by atoms with Gasteiger partial charge in [0.05, 0.1) is 12.9 Å². The highest BCUT2D eigenvalue weighted by molar-refractivity contribution is 5.96. The fourth-order valence-electron chi connectivity index (χ4n) is 2.09. The third-order valence-corrected chi connectivity index (χ3v) is 3.02. The maximum Gasteiger partial charge on any atom is 0.227 e. The topological polar surface area (TPSA) is 29.5 Å². The van der Waals surface area contributed by atoms with Gasteiger partial charge in [0.1, 0.15) is 0 Å². The molecule has 0 unspecified atom stereocenters. The van der Waals surface area contributed by atoms with Gasteiger partial charge in [-0.2, -0.15) is 0 Å². The maximum atomic E-state index is 11.6. The molecule has 0 radical (unpaired) electrons. The number of rotatable bonds is 3. The van der Waals surface area contributed by atoms with Crippen LogP contribution in [0.4, 0.5) is 5.69 Å². The van der Waals surface area contributed by atoms with E-state index in [1.54, 1.807) is 11.2 Å². The minimum atomic E-state index is 0.184. The van der Waals surface area contributed by atoms with Crippen molar-refractivity contribution in [2.75, 3.05) is 18.6 Å². The summed E-state index contributed by atoms with van der Waals surface area (Å²) in [5.74, 6) is 0.184. The van der Waals surface area contributed by atoms with Crippen LogP contribution >= 0.6 is 0 Å². The number of ether oxygens (including phenoxy) is 1. The molecule has 17 heavy (non-hydrogen) atoms. The van der Waals surface area contributed by atoms with E-state index in [4.69, 9.17) is 4.74 Å². The predicted molar refractivity (Wildman–Crippen MR) is 68.8 cm³/mol. The van der Waals surface area contributed by atoms with Gasteiger partial charge in [-0.05, 0) is 36.6 Å². The molecule has 0 bridgehead atoms. The van der Waals surface area contributed by atoms with Crippen LogP contribution in [0.1, 0.15) is 24.5 Å².